The molecule has 54 heavy (non-hydrogen) atoms. The molecule has 260 valence electrons. The molecule has 0 aromatic heterocycles. The molecule has 0 fully saturated rings. The number of hydrogen-bond donors (Lipinski definition) is 2. The second-order valence-electron chi connectivity index (χ2n) is 13.1. The monoisotopic (exact) mass is 936 g/mol. The van der Waals surface area contributed by atoms with Gasteiger partial charge >= 0.3 is 7.12 Å². The quantitative estimate of drug-likeness (QED) is 0.0785. The van der Waals surface area contributed by atoms with Gasteiger partial charge in [-0.15, -0.1) is 0 Å². The van der Waals surface area contributed by atoms with Gasteiger partial charge in [0.1, 0.15) is 0 Å². The van der Waals surface area contributed by atoms with Crippen molar-refractivity contribution < 1.29 is 10.0 Å². The molecule has 0 saturated heterocycles. The van der Waals surface area contributed by atoms with Gasteiger partial charge in [0.25, 0.3) is 0 Å². The molecule has 0 radical (unpaired) electrons. The Morgan fingerprint density at radius 1 is 0.370 bits per heavy atom. The van der Waals surface area contributed by atoms with E-state index in [1.165, 1.54) is 57.8 Å². The Labute approximate surface area is 344 Å². The Morgan fingerprint density at radius 3 is 1.35 bits per heavy atom. The molecule has 0 aliphatic rings. The highest BCUT2D eigenvalue weighted by molar-refractivity contribution is 14.1. The number of benzene rings is 10. The van der Waals surface area contributed by atoms with E-state index in [0.29, 0.717) is 5.46 Å². The van der Waals surface area contributed by atoms with E-state index in [0.717, 1.165) is 30.5 Å². The van der Waals surface area contributed by atoms with Crippen LogP contribution in [0.3, 0.4) is 0 Å². The molecule has 0 unspecified atom stereocenters. The van der Waals surface area contributed by atoms with Gasteiger partial charge in [-0.25, -0.2) is 0 Å². The van der Waals surface area contributed by atoms with E-state index < -0.39 is 7.12 Å². The minimum absolute atomic E-state index is 0.544. The van der Waals surface area contributed by atoms with Crippen LogP contribution in [0.1, 0.15) is 0 Å². The minimum atomic E-state index is -1.45. The molecule has 0 heterocycles. The fraction of sp³-hybridized carbons (Fsp3) is 0. The molecule has 10 aromatic carbocycles. The third-order valence-electron chi connectivity index (χ3n) is 9.76. The largest absolute Gasteiger partial charge is 0.489 e. The van der Waals surface area contributed by atoms with Crippen LogP contribution >= 0.6 is 54.5 Å². The highest BCUT2D eigenvalue weighted by atomic mass is 127. The lowest BCUT2D eigenvalue weighted by atomic mass is 9.76. The van der Waals surface area contributed by atoms with Gasteiger partial charge in [-0.05, 0) is 164 Å². The van der Waals surface area contributed by atoms with Crippen molar-refractivity contribution in [2.24, 2.45) is 0 Å². The van der Waals surface area contributed by atoms with Crippen molar-refractivity contribution in [3.63, 3.8) is 0 Å². The maximum Gasteiger partial charge on any atom is 0.489 e. The molecular weight excluding hydrogens is 906 g/mol. The standard InChI is InChI=1S/C24H15Br.C18H13BO2.C6H4BrI/c25-20-11-8-16(9-12-20)21-6-3-7-22-23(21)13-10-19-14-17-4-1-2-5-18(17)15-24(19)22;20-19(21)18-7-3-6-15-16(18)9-8-14-10-12-4-1-2-5-13(12)11-17(14)15;7-5-1-3-6(8)4-2-5/h1-15H;1-11,20-21H;1-4H. The summed E-state index contributed by atoms with van der Waals surface area (Å²) in [5.41, 5.74) is 3.07. The fourth-order valence-corrected chi connectivity index (χ4v) is 8.01. The van der Waals surface area contributed by atoms with Gasteiger partial charge in [0, 0.05) is 12.5 Å². The summed E-state index contributed by atoms with van der Waals surface area (Å²) >= 11 is 9.14. The molecule has 0 saturated carbocycles. The normalized spacial score (nSPS) is 11.1. The van der Waals surface area contributed by atoms with Gasteiger partial charge in [0.05, 0.1) is 0 Å². The van der Waals surface area contributed by atoms with E-state index in [4.69, 9.17) is 0 Å². The van der Waals surface area contributed by atoms with Gasteiger partial charge in [0.15, 0.2) is 0 Å². The van der Waals surface area contributed by atoms with Crippen LogP contribution in [-0.4, -0.2) is 17.2 Å². The van der Waals surface area contributed by atoms with Gasteiger partial charge in [0.2, 0.25) is 0 Å². The average molecular weight is 938 g/mol. The Hall–Kier alpha value is -4.57. The first-order valence-electron chi connectivity index (χ1n) is 17.5. The Bertz CT molecular complexity index is 2930. The van der Waals surface area contributed by atoms with E-state index in [2.05, 4.69) is 182 Å². The van der Waals surface area contributed by atoms with Crippen LogP contribution in [0, 0.1) is 3.57 Å². The molecule has 10 aromatic rings. The molecule has 0 aliphatic heterocycles. The molecular formula is C48H32BBr2IO2. The smallest absolute Gasteiger partial charge is 0.423 e. The zero-order valence-corrected chi connectivity index (χ0v) is 34.3. The Kier molecular flexibility index (Phi) is 10.8. The zero-order valence-electron chi connectivity index (χ0n) is 28.9. The Morgan fingerprint density at radius 2 is 0.833 bits per heavy atom. The summed E-state index contributed by atoms with van der Waals surface area (Å²) in [6.45, 7) is 0. The van der Waals surface area contributed by atoms with Gasteiger partial charge in [-0.1, -0.05) is 153 Å². The SMILES string of the molecule is Brc1ccc(-c2cccc3c2ccc2cc4ccccc4cc23)cc1.Brc1ccc(I)cc1.OB(O)c1cccc2c1ccc1cc3ccccc3cc12. The van der Waals surface area contributed by atoms with E-state index in [9.17, 15) is 10.0 Å². The fourth-order valence-electron chi connectivity index (χ4n) is 7.12. The molecule has 0 amide bonds. The maximum atomic E-state index is 9.52. The molecule has 2 N–H and O–H groups in total. The average Bonchev–Trinajstić information content (AvgIpc) is 3.20. The van der Waals surface area contributed by atoms with Crippen molar-refractivity contribution in [2.45, 2.75) is 0 Å². The number of fused-ring (bicyclic) bond motifs is 8. The predicted molar refractivity (Wildman–Crippen MR) is 248 cm³/mol. The third-order valence-corrected chi connectivity index (χ3v) is 11.5. The molecule has 0 bridgehead atoms. The van der Waals surface area contributed by atoms with E-state index >= 15 is 0 Å². The Balaban J connectivity index is 0.000000129. The molecule has 2 nitrogen and oxygen atoms in total. The van der Waals surface area contributed by atoms with Crippen molar-refractivity contribution >= 4 is 132 Å². The minimum Gasteiger partial charge on any atom is -0.423 e. The van der Waals surface area contributed by atoms with Crippen LogP contribution < -0.4 is 5.46 Å². The van der Waals surface area contributed by atoms with Gasteiger partial charge in [-0.3, -0.25) is 0 Å². The second-order valence-corrected chi connectivity index (χ2v) is 16.2. The highest BCUT2D eigenvalue weighted by Crippen LogP contribution is 2.35. The summed E-state index contributed by atoms with van der Waals surface area (Å²) in [6.07, 6.45) is 0. The zero-order chi connectivity index (χ0) is 37.2. The van der Waals surface area contributed by atoms with Crippen LogP contribution in [0.25, 0.3) is 75.8 Å². The van der Waals surface area contributed by atoms with E-state index in [-0.39, 0.29) is 0 Å². The topological polar surface area (TPSA) is 40.5 Å². The molecule has 10 rings (SSSR count). The lowest BCUT2D eigenvalue weighted by Gasteiger charge is -2.11. The summed E-state index contributed by atoms with van der Waals surface area (Å²) in [5, 5.41) is 33.5. The summed E-state index contributed by atoms with van der Waals surface area (Å²) in [6, 6.07) is 63.2. The van der Waals surface area contributed by atoms with Crippen LogP contribution in [-0.2, 0) is 0 Å². The third kappa shape index (κ3) is 7.68. The first kappa shape index (κ1) is 36.4. The number of hydrogen-bond acceptors (Lipinski definition) is 2. The van der Waals surface area contributed by atoms with Crippen LogP contribution in [0.15, 0.2) is 191 Å². The van der Waals surface area contributed by atoms with Gasteiger partial charge in [-0.2, -0.15) is 0 Å². The lowest BCUT2D eigenvalue weighted by Crippen LogP contribution is -2.30. The lowest BCUT2D eigenvalue weighted by molar-refractivity contribution is 0.426. The first-order chi connectivity index (χ1) is 26.3. The molecule has 6 heteroatoms. The summed E-state index contributed by atoms with van der Waals surface area (Å²) in [4.78, 5) is 0. The first-order valence-corrected chi connectivity index (χ1v) is 20.2. The molecule has 0 atom stereocenters. The van der Waals surface area contributed by atoms with Crippen molar-refractivity contribution in [1.82, 2.24) is 0 Å². The highest BCUT2D eigenvalue weighted by Gasteiger charge is 2.15. The van der Waals surface area contributed by atoms with Crippen molar-refractivity contribution in [3.8, 4) is 11.1 Å². The van der Waals surface area contributed by atoms with Crippen molar-refractivity contribution in [1.29, 1.82) is 0 Å². The van der Waals surface area contributed by atoms with Crippen LogP contribution in [0.5, 0.6) is 0 Å². The second kappa shape index (κ2) is 16.0. The predicted octanol–water partition coefficient (Wildman–Crippen LogP) is 13.5. The van der Waals surface area contributed by atoms with Crippen LogP contribution in [0.4, 0.5) is 0 Å². The van der Waals surface area contributed by atoms with Crippen molar-refractivity contribution in [2.75, 3.05) is 0 Å². The van der Waals surface area contributed by atoms with Crippen LogP contribution in [0.2, 0.25) is 0 Å². The maximum absolute atomic E-state index is 9.52. The van der Waals surface area contributed by atoms with Gasteiger partial charge < -0.3 is 10.0 Å². The van der Waals surface area contributed by atoms with E-state index in [1.807, 2.05) is 48.5 Å². The summed E-state index contributed by atoms with van der Waals surface area (Å²) in [7, 11) is -1.45. The molecule has 0 spiro atoms. The summed E-state index contributed by atoms with van der Waals surface area (Å²) in [5.74, 6) is 0. The summed E-state index contributed by atoms with van der Waals surface area (Å²) < 4.78 is 3.51. The van der Waals surface area contributed by atoms with E-state index in [1.54, 1.807) is 6.07 Å². The molecule has 0 aliphatic carbocycles. The number of halogens is 3. The number of rotatable bonds is 2. The van der Waals surface area contributed by atoms with Crippen molar-refractivity contribution in [3.05, 3.63) is 195 Å².